The van der Waals surface area contributed by atoms with Gasteiger partial charge in [0, 0.05) is 42.5 Å². The molecule has 0 aromatic heterocycles. The van der Waals surface area contributed by atoms with Gasteiger partial charge in [0.2, 0.25) is 5.91 Å². The van der Waals surface area contributed by atoms with Crippen LogP contribution in [0.5, 0.6) is 5.75 Å². The Morgan fingerprint density at radius 2 is 1.96 bits per heavy atom. The first-order valence-corrected chi connectivity index (χ1v) is 9.28. The number of anilines is 2. The standard InChI is InChI=1S/C21H23N3O4/c1-2-22-21(27)15-6-3-7-16(12-15)23-19(25)14-28-18-9-4-8-17(13-18)24-11-5-10-20(24)26/h3-4,6-9,12-13H,2,5,10-11,14H2,1H3,(H,22,27)(H,23,25). The topological polar surface area (TPSA) is 87.7 Å². The van der Waals surface area contributed by atoms with Crippen molar-refractivity contribution in [2.75, 3.05) is 29.9 Å². The van der Waals surface area contributed by atoms with Gasteiger partial charge in [-0.15, -0.1) is 0 Å². The van der Waals surface area contributed by atoms with E-state index in [4.69, 9.17) is 4.74 Å². The van der Waals surface area contributed by atoms with E-state index in [0.29, 0.717) is 36.5 Å². The lowest BCUT2D eigenvalue weighted by Gasteiger charge is -2.16. The van der Waals surface area contributed by atoms with Crippen molar-refractivity contribution in [1.82, 2.24) is 5.32 Å². The number of carbonyl (C=O) groups is 3. The van der Waals surface area contributed by atoms with E-state index in [1.165, 1.54) is 0 Å². The Labute approximate surface area is 163 Å². The molecule has 0 bridgehead atoms. The van der Waals surface area contributed by atoms with E-state index in [2.05, 4.69) is 10.6 Å². The van der Waals surface area contributed by atoms with Crippen LogP contribution >= 0.6 is 0 Å². The molecule has 0 unspecified atom stereocenters. The second-order valence-corrected chi connectivity index (χ2v) is 6.42. The van der Waals surface area contributed by atoms with Crippen LogP contribution in [0.25, 0.3) is 0 Å². The first-order valence-electron chi connectivity index (χ1n) is 9.28. The van der Waals surface area contributed by atoms with Crippen molar-refractivity contribution < 1.29 is 19.1 Å². The second kappa shape index (κ2) is 9.03. The number of nitrogens with one attached hydrogen (secondary N) is 2. The summed E-state index contributed by atoms with van der Waals surface area (Å²) in [4.78, 5) is 37.7. The van der Waals surface area contributed by atoms with Gasteiger partial charge in [-0.2, -0.15) is 0 Å². The molecular formula is C21H23N3O4. The molecule has 0 radical (unpaired) electrons. The van der Waals surface area contributed by atoms with Crippen molar-refractivity contribution in [2.45, 2.75) is 19.8 Å². The average molecular weight is 381 g/mol. The van der Waals surface area contributed by atoms with Crippen LogP contribution in [0.1, 0.15) is 30.1 Å². The lowest BCUT2D eigenvalue weighted by atomic mass is 10.2. The van der Waals surface area contributed by atoms with Crippen LogP contribution in [-0.4, -0.2) is 37.4 Å². The van der Waals surface area contributed by atoms with Gasteiger partial charge < -0.3 is 20.3 Å². The molecule has 0 saturated carbocycles. The zero-order valence-electron chi connectivity index (χ0n) is 15.7. The maximum atomic E-state index is 12.2. The first-order chi connectivity index (χ1) is 13.6. The molecule has 2 aromatic rings. The normalized spacial score (nSPS) is 13.3. The number of ether oxygens (including phenoxy) is 1. The van der Waals surface area contributed by atoms with Gasteiger partial charge >= 0.3 is 0 Å². The SMILES string of the molecule is CCNC(=O)c1cccc(NC(=O)COc2cccc(N3CCCC3=O)c2)c1. The maximum absolute atomic E-state index is 12.2. The zero-order valence-corrected chi connectivity index (χ0v) is 15.7. The molecular weight excluding hydrogens is 358 g/mol. The van der Waals surface area contributed by atoms with E-state index in [-0.39, 0.29) is 24.3 Å². The highest BCUT2D eigenvalue weighted by Gasteiger charge is 2.21. The predicted molar refractivity (Wildman–Crippen MR) is 107 cm³/mol. The largest absolute Gasteiger partial charge is 0.484 e. The highest BCUT2D eigenvalue weighted by molar-refractivity contribution is 5.97. The molecule has 2 N–H and O–H groups in total. The fraction of sp³-hybridized carbons (Fsp3) is 0.286. The summed E-state index contributed by atoms with van der Waals surface area (Å²) >= 11 is 0. The first kappa shape index (κ1) is 19.4. The van der Waals surface area contributed by atoms with E-state index >= 15 is 0 Å². The van der Waals surface area contributed by atoms with Crippen molar-refractivity contribution in [3.8, 4) is 5.75 Å². The molecule has 146 valence electrons. The Kier molecular flexibility index (Phi) is 6.26. The van der Waals surface area contributed by atoms with Crippen molar-refractivity contribution in [2.24, 2.45) is 0 Å². The summed E-state index contributed by atoms with van der Waals surface area (Å²) in [5.74, 6) is 0.0872. The van der Waals surface area contributed by atoms with Gasteiger partial charge in [-0.1, -0.05) is 12.1 Å². The molecule has 2 aromatic carbocycles. The monoisotopic (exact) mass is 381 g/mol. The highest BCUT2D eigenvalue weighted by Crippen LogP contribution is 2.25. The Morgan fingerprint density at radius 3 is 2.71 bits per heavy atom. The summed E-state index contributed by atoms with van der Waals surface area (Å²) in [7, 11) is 0. The molecule has 0 aliphatic carbocycles. The van der Waals surface area contributed by atoms with Crippen LogP contribution in [0, 0.1) is 0 Å². The van der Waals surface area contributed by atoms with E-state index in [9.17, 15) is 14.4 Å². The Bertz CT molecular complexity index is 881. The molecule has 1 aliphatic rings. The molecule has 0 atom stereocenters. The number of benzene rings is 2. The molecule has 0 spiro atoms. The minimum atomic E-state index is -0.337. The van der Waals surface area contributed by atoms with Crippen LogP contribution in [0.3, 0.4) is 0 Å². The summed E-state index contributed by atoms with van der Waals surface area (Å²) in [6, 6.07) is 13.9. The van der Waals surface area contributed by atoms with Crippen LogP contribution in [0.15, 0.2) is 48.5 Å². The smallest absolute Gasteiger partial charge is 0.262 e. The molecule has 3 amide bonds. The minimum absolute atomic E-state index is 0.0990. The Morgan fingerprint density at radius 1 is 1.14 bits per heavy atom. The molecule has 1 saturated heterocycles. The lowest BCUT2D eigenvalue weighted by molar-refractivity contribution is -0.118. The summed E-state index contributed by atoms with van der Waals surface area (Å²) in [5.41, 5.74) is 1.77. The molecule has 1 aliphatic heterocycles. The molecule has 1 fully saturated rings. The molecule has 3 rings (SSSR count). The van der Waals surface area contributed by atoms with E-state index in [0.717, 1.165) is 12.1 Å². The van der Waals surface area contributed by atoms with E-state index in [1.54, 1.807) is 47.4 Å². The maximum Gasteiger partial charge on any atom is 0.262 e. The van der Waals surface area contributed by atoms with Gasteiger partial charge in [0.05, 0.1) is 0 Å². The highest BCUT2D eigenvalue weighted by atomic mass is 16.5. The van der Waals surface area contributed by atoms with Crippen molar-refractivity contribution in [3.63, 3.8) is 0 Å². The number of carbonyl (C=O) groups excluding carboxylic acids is 3. The Hall–Kier alpha value is -3.35. The van der Waals surface area contributed by atoms with Gasteiger partial charge in [0.1, 0.15) is 5.75 Å². The number of hydrogen-bond acceptors (Lipinski definition) is 4. The summed E-state index contributed by atoms with van der Waals surface area (Å²) in [6.45, 7) is 2.90. The van der Waals surface area contributed by atoms with Crippen LogP contribution in [0.4, 0.5) is 11.4 Å². The lowest BCUT2D eigenvalue weighted by Crippen LogP contribution is -2.24. The van der Waals surface area contributed by atoms with Crippen molar-refractivity contribution in [3.05, 3.63) is 54.1 Å². The van der Waals surface area contributed by atoms with Crippen molar-refractivity contribution >= 4 is 29.1 Å². The molecule has 1 heterocycles. The molecule has 7 nitrogen and oxygen atoms in total. The fourth-order valence-corrected chi connectivity index (χ4v) is 3.01. The van der Waals surface area contributed by atoms with Crippen LogP contribution < -0.4 is 20.3 Å². The van der Waals surface area contributed by atoms with E-state index in [1.807, 2.05) is 13.0 Å². The van der Waals surface area contributed by atoms with Gasteiger partial charge in [-0.3, -0.25) is 14.4 Å². The number of nitrogens with zero attached hydrogens (tertiary/aromatic N) is 1. The van der Waals surface area contributed by atoms with Gasteiger partial charge in [-0.25, -0.2) is 0 Å². The number of rotatable bonds is 7. The summed E-state index contributed by atoms with van der Waals surface area (Å²) < 4.78 is 5.56. The number of amides is 3. The average Bonchev–Trinajstić information content (AvgIpc) is 3.13. The van der Waals surface area contributed by atoms with Crippen LogP contribution in [-0.2, 0) is 9.59 Å². The van der Waals surface area contributed by atoms with Gasteiger partial charge in [-0.05, 0) is 43.7 Å². The predicted octanol–water partition coefficient (Wildman–Crippen LogP) is 2.58. The van der Waals surface area contributed by atoms with E-state index < -0.39 is 0 Å². The quantitative estimate of drug-likeness (QED) is 0.772. The summed E-state index contributed by atoms with van der Waals surface area (Å²) in [6.07, 6.45) is 1.41. The zero-order chi connectivity index (χ0) is 19.9. The van der Waals surface area contributed by atoms with Gasteiger partial charge in [0.15, 0.2) is 6.61 Å². The third-order valence-electron chi connectivity index (χ3n) is 4.32. The number of hydrogen-bond donors (Lipinski definition) is 2. The second-order valence-electron chi connectivity index (χ2n) is 6.42. The minimum Gasteiger partial charge on any atom is -0.484 e. The van der Waals surface area contributed by atoms with Crippen molar-refractivity contribution in [1.29, 1.82) is 0 Å². The fourth-order valence-electron chi connectivity index (χ4n) is 3.01. The van der Waals surface area contributed by atoms with Gasteiger partial charge in [0.25, 0.3) is 11.8 Å². The third kappa shape index (κ3) is 4.88. The van der Waals surface area contributed by atoms with Crippen LogP contribution in [0.2, 0.25) is 0 Å². The summed E-state index contributed by atoms with van der Waals surface area (Å²) in [5, 5.41) is 5.43. The Balaban J connectivity index is 1.57. The molecule has 7 heteroatoms. The third-order valence-corrected chi connectivity index (χ3v) is 4.32. The molecule has 28 heavy (non-hydrogen) atoms.